The first-order valence-electron chi connectivity index (χ1n) is 10.3. The van der Waals surface area contributed by atoms with Gasteiger partial charge in [0.1, 0.15) is 17.9 Å². The zero-order valence-corrected chi connectivity index (χ0v) is 18.4. The summed E-state index contributed by atoms with van der Waals surface area (Å²) < 4.78 is 5.23. The molecule has 0 radical (unpaired) electrons. The minimum absolute atomic E-state index is 0.00838. The molecule has 1 unspecified atom stereocenters. The molecule has 2 aromatic carbocycles. The Morgan fingerprint density at radius 3 is 2.71 bits per heavy atom. The van der Waals surface area contributed by atoms with Crippen LogP contribution in [0, 0.1) is 12.8 Å². The van der Waals surface area contributed by atoms with E-state index in [1.54, 1.807) is 19.5 Å². The Morgan fingerprint density at radius 1 is 1.16 bits per heavy atom. The number of anilines is 2. The minimum atomic E-state index is -0.117. The Bertz CT molecular complexity index is 1070. The number of nitrogens with zero attached hydrogens (tertiary/aromatic N) is 3. The van der Waals surface area contributed by atoms with Crippen molar-refractivity contribution in [2.24, 2.45) is 5.92 Å². The summed E-state index contributed by atoms with van der Waals surface area (Å²) in [4.78, 5) is 23.9. The molecule has 3 aromatic rings. The molecule has 1 N–H and O–H groups in total. The normalized spacial score (nSPS) is 16.1. The lowest BCUT2D eigenvalue weighted by molar-refractivity contribution is -0.120. The van der Waals surface area contributed by atoms with Crippen LogP contribution in [0.15, 0.2) is 54.9 Å². The van der Waals surface area contributed by atoms with Gasteiger partial charge in [0.2, 0.25) is 5.91 Å². The molecular formula is C24H25ClN4O2. The Balaban J connectivity index is 1.46. The van der Waals surface area contributed by atoms with E-state index < -0.39 is 0 Å². The van der Waals surface area contributed by atoms with Crippen LogP contribution in [0.5, 0.6) is 5.75 Å². The van der Waals surface area contributed by atoms with Crippen LogP contribution < -0.4 is 15.0 Å². The molecule has 0 bridgehead atoms. The molecule has 0 spiro atoms. The summed E-state index contributed by atoms with van der Waals surface area (Å²) in [7, 11) is 1.65. The summed E-state index contributed by atoms with van der Waals surface area (Å²) in [5.41, 5.74) is 3.54. The topological polar surface area (TPSA) is 67.3 Å². The Hall–Kier alpha value is -3.12. The summed E-state index contributed by atoms with van der Waals surface area (Å²) >= 11 is 6.19. The average Bonchev–Trinajstić information content (AvgIpc) is 2.81. The predicted molar refractivity (Wildman–Crippen MR) is 124 cm³/mol. The number of nitrogens with one attached hydrogen (secondary N) is 1. The van der Waals surface area contributed by atoms with Crippen molar-refractivity contribution in [3.63, 3.8) is 0 Å². The fraction of sp³-hybridized carbons (Fsp3) is 0.292. The first-order valence-corrected chi connectivity index (χ1v) is 10.7. The number of piperidine rings is 1. The van der Waals surface area contributed by atoms with E-state index in [2.05, 4.69) is 20.2 Å². The fourth-order valence-electron chi connectivity index (χ4n) is 3.75. The molecule has 1 saturated heterocycles. The van der Waals surface area contributed by atoms with Crippen molar-refractivity contribution < 1.29 is 9.53 Å². The van der Waals surface area contributed by atoms with Crippen molar-refractivity contribution in [1.82, 2.24) is 9.97 Å². The lowest BCUT2D eigenvalue weighted by atomic mass is 9.97. The third-order valence-electron chi connectivity index (χ3n) is 5.59. The Morgan fingerprint density at radius 2 is 1.97 bits per heavy atom. The van der Waals surface area contributed by atoms with Gasteiger partial charge in [0, 0.05) is 35.4 Å². The first kappa shape index (κ1) is 21.1. The second-order valence-corrected chi connectivity index (χ2v) is 8.14. The summed E-state index contributed by atoms with van der Waals surface area (Å²) in [6.45, 7) is 3.42. The highest BCUT2D eigenvalue weighted by Crippen LogP contribution is 2.27. The summed E-state index contributed by atoms with van der Waals surface area (Å²) in [5.74, 6) is 1.52. The first-order chi connectivity index (χ1) is 15.0. The number of amides is 1. The quantitative estimate of drug-likeness (QED) is 0.611. The number of aryl methyl sites for hydroxylation is 1. The Labute approximate surface area is 187 Å². The van der Waals surface area contributed by atoms with E-state index in [1.165, 1.54) is 0 Å². The molecule has 4 rings (SSSR count). The van der Waals surface area contributed by atoms with Crippen LogP contribution in [-0.4, -0.2) is 36.1 Å². The second-order valence-electron chi connectivity index (χ2n) is 7.73. The molecule has 1 atom stereocenters. The van der Waals surface area contributed by atoms with Crippen molar-refractivity contribution in [2.45, 2.75) is 19.8 Å². The highest BCUT2D eigenvalue weighted by Gasteiger charge is 2.27. The third kappa shape index (κ3) is 4.97. The van der Waals surface area contributed by atoms with Crippen LogP contribution in [0.1, 0.15) is 18.4 Å². The lowest BCUT2D eigenvalue weighted by Crippen LogP contribution is -2.41. The molecule has 1 amide bonds. The number of hydrogen-bond acceptors (Lipinski definition) is 5. The molecule has 160 valence electrons. The predicted octanol–water partition coefficient (Wildman–Crippen LogP) is 4.97. The molecule has 31 heavy (non-hydrogen) atoms. The Kier molecular flexibility index (Phi) is 6.37. The minimum Gasteiger partial charge on any atom is -0.497 e. The maximum atomic E-state index is 12.9. The van der Waals surface area contributed by atoms with E-state index in [-0.39, 0.29) is 11.8 Å². The van der Waals surface area contributed by atoms with Crippen molar-refractivity contribution >= 4 is 29.0 Å². The maximum absolute atomic E-state index is 12.9. The molecule has 0 aliphatic carbocycles. The van der Waals surface area contributed by atoms with E-state index in [9.17, 15) is 4.79 Å². The number of benzene rings is 2. The van der Waals surface area contributed by atoms with Crippen LogP contribution in [0.25, 0.3) is 11.3 Å². The van der Waals surface area contributed by atoms with Gasteiger partial charge in [-0.2, -0.15) is 0 Å². The number of aromatic nitrogens is 2. The van der Waals surface area contributed by atoms with Crippen molar-refractivity contribution in [3.8, 4) is 17.0 Å². The van der Waals surface area contributed by atoms with Gasteiger partial charge in [-0.3, -0.25) is 4.79 Å². The van der Waals surface area contributed by atoms with Gasteiger partial charge in [0.15, 0.2) is 0 Å². The number of methoxy groups -OCH3 is 1. The van der Waals surface area contributed by atoms with E-state index in [0.717, 1.165) is 53.5 Å². The van der Waals surface area contributed by atoms with Gasteiger partial charge in [-0.05, 0) is 61.7 Å². The van der Waals surface area contributed by atoms with Gasteiger partial charge < -0.3 is 15.0 Å². The van der Waals surface area contributed by atoms with Gasteiger partial charge in [0.05, 0.1) is 18.7 Å². The SMILES string of the molecule is COc1ccc(-c2cc(N3CCCC(C(=O)Nc4ccc(C)c(Cl)c4)C3)ncn2)cc1. The average molecular weight is 437 g/mol. The fourth-order valence-corrected chi connectivity index (χ4v) is 3.93. The van der Waals surface area contributed by atoms with Gasteiger partial charge in [-0.25, -0.2) is 9.97 Å². The number of halogens is 1. The molecule has 1 aliphatic rings. The van der Waals surface area contributed by atoms with Crippen molar-refractivity contribution in [1.29, 1.82) is 0 Å². The van der Waals surface area contributed by atoms with Gasteiger partial charge in [-0.15, -0.1) is 0 Å². The summed E-state index contributed by atoms with van der Waals surface area (Å²) in [6.07, 6.45) is 3.35. The van der Waals surface area contributed by atoms with Gasteiger partial charge >= 0.3 is 0 Å². The van der Waals surface area contributed by atoms with E-state index in [1.807, 2.05) is 49.4 Å². The van der Waals surface area contributed by atoms with E-state index in [0.29, 0.717) is 11.6 Å². The smallest absolute Gasteiger partial charge is 0.229 e. The molecular weight excluding hydrogens is 412 g/mol. The molecule has 0 saturated carbocycles. The number of hydrogen-bond donors (Lipinski definition) is 1. The number of carbonyl (C=O) groups excluding carboxylic acids is 1. The van der Waals surface area contributed by atoms with Crippen LogP contribution in [0.3, 0.4) is 0 Å². The maximum Gasteiger partial charge on any atom is 0.229 e. The zero-order chi connectivity index (χ0) is 21.8. The molecule has 1 aromatic heterocycles. The number of rotatable bonds is 5. The van der Waals surface area contributed by atoms with Crippen LogP contribution in [0.4, 0.5) is 11.5 Å². The van der Waals surface area contributed by atoms with Crippen LogP contribution in [0.2, 0.25) is 5.02 Å². The highest BCUT2D eigenvalue weighted by molar-refractivity contribution is 6.31. The summed E-state index contributed by atoms with van der Waals surface area (Å²) in [6, 6.07) is 15.3. The lowest BCUT2D eigenvalue weighted by Gasteiger charge is -2.33. The largest absolute Gasteiger partial charge is 0.497 e. The second kappa shape index (κ2) is 9.35. The molecule has 7 heteroatoms. The summed E-state index contributed by atoms with van der Waals surface area (Å²) in [5, 5.41) is 3.65. The van der Waals surface area contributed by atoms with Crippen molar-refractivity contribution in [3.05, 3.63) is 65.4 Å². The monoisotopic (exact) mass is 436 g/mol. The number of ether oxygens (including phenoxy) is 1. The molecule has 6 nitrogen and oxygen atoms in total. The molecule has 2 heterocycles. The molecule has 1 fully saturated rings. The highest BCUT2D eigenvalue weighted by atomic mass is 35.5. The number of carbonyl (C=O) groups is 1. The van der Waals surface area contributed by atoms with E-state index >= 15 is 0 Å². The third-order valence-corrected chi connectivity index (χ3v) is 6.00. The van der Waals surface area contributed by atoms with Crippen molar-refractivity contribution in [2.75, 3.05) is 30.4 Å². The van der Waals surface area contributed by atoms with Gasteiger partial charge in [0.25, 0.3) is 0 Å². The van der Waals surface area contributed by atoms with Crippen LogP contribution >= 0.6 is 11.6 Å². The van der Waals surface area contributed by atoms with Crippen LogP contribution in [-0.2, 0) is 4.79 Å². The molecule has 1 aliphatic heterocycles. The standard InChI is InChI=1S/C24H25ClN4O2/c1-16-5-8-19(12-21(16)25)28-24(30)18-4-3-11-29(14-18)23-13-22(26-15-27-23)17-6-9-20(31-2)10-7-17/h5-10,12-13,15,18H,3-4,11,14H2,1-2H3,(H,28,30). The van der Waals surface area contributed by atoms with E-state index in [4.69, 9.17) is 16.3 Å². The zero-order valence-electron chi connectivity index (χ0n) is 17.6. The van der Waals surface area contributed by atoms with Gasteiger partial charge in [-0.1, -0.05) is 17.7 Å².